The first kappa shape index (κ1) is 17.6. The molecule has 0 saturated carbocycles. The number of ether oxygens (including phenoxy) is 1. The third-order valence-electron chi connectivity index (χ3n) is 4.02. The lowest BCUT2D eigenvalue weighted by molar-refractivity contribution is -0.124. The summed E-state index contributed by atoms with van der Waals surface area (Å²) >= 11 is 0. The Balaban J connectivity index is 1.51. The molecule has 0 bridgehead atoms. The van der Waals surface area contributed by atoms with Gasteiger partial charge < -0.3 is 10.1 Å². The molecule has 3 rings (SSSR count). The van der Waals surface area contributed by atoms with E-state index in [1.807, 2.05) is 30.3 Å². The maximum atomic E-state index is 13.5. The van der Waals surface area contributed by atoms with E-state index in [9.17, 15) is 14.0 Å². The molecule has 3 aromatic carbocycles. The van der Waals surface area contributed by atoms with E-state index >= 15 is 0 Å². The zero-order valence-corrected chi connectivity index (χ0v) is 14.1. The van der Waals surface area contributed by atoms with E-state index in [0.717, 1.165) is 10.8 Å². The van der Waals surface area contributed by atoms with Crippen LogP contribution < -0.4 is 5.32 Å². The number of benzene rings is 3. The molecule has 1 amide bonds. The van der Waals surface area contributed by atoms with Crippen LogP contribution in [0.3, 0.4) is 0 Å². The Kier molecular flexibility index (Phi) is 5.59. The normalized spacial score (nSPS) is 10.5. The van der Waals surface area contributed by atoms with E-state index in [4.69, 9.17) is 4.74 Å². The van der Waals surface area contributed by atoms with Crippen LogP contribution in [0.1, 0.15) is 15.9 Å². The first-order valence-corrected chi connectivity index (χ1v) is 8.30. The number of amides is 1. The van der Waals surface area contributed by atoms with E-state index in [2.05, 4.69) is 5.32 Å². The van der Waals surface area contributed by atoms with Gasteiger partial charge in [0, 0.05) is 6.54 Å². The van der Waals surface area contributed by atoms with Gasteiger partial charge in [0.25, 0.3) is 5.91 Å². The van der Waals surface area contributed by atoms with Crippen molar-refractivity contribution in [1.29, 1.82) is 0 Å². The number of carbonyl (C=O) groups is 2. The van der Waals surface area contributed by atoms with Gasteiger partial charge in [-0.3, -0.25) is 4.79 Å². The van der Waals surface area contributed by atoms with Gasteiger partial charge in [-0.05, 0) is 34.9 Å². The molecule has 0 aromatic heterocycles. The number of rotatable bonds is 6. The standard InChI is InChI=1S/C21H18FNO3/c22-19-11-4-2-7-16(19)12-13-23-20(24)14-26-21(25)18-10-5-8-15-6-1-3-9-17(15)18/h1-11H,12-14H2,(H,23,24). The van der Waals surface area contributed by atoms with Crippen LogP contribution in [0.15, 0.2) is 66.7 Å². The molecule has 3 aromatic rings. The van der Waals surface area contributed by atoms with E-state index in [1.165, 1.54) is 6.07 Å². The van der Waals surface area contributed by atoms with Crippen molar-refractivity contribution in [2.45, 2.75) is 6.42 Å². The Hall–Kier alpha value is -3.21. The van der Waals surface area contributed by atoms with Crippen molar-refractivity contribution < 1.29 is 18.7 Å². The maximum Gasteiger partial charge on any atom is 0.339 e. The fourth-order valence-electron chi connectivity index (χ4n) is 2.70. The highest BCUT2D eigenvalue weighted by atomic mass is 19.1. The second-order valence-electron chi connectivity index (χ2n) is 5.79. The Bertz CT molecular complexity index is 934. The second kappa shape index (κ2) is 8.25. The zero-order valence-electron chi connectivity index (χ0n) is 14.1. The molecule has 132 valence electrons. The average molecular weight is 351 g/mol. The van der Waals surface area contributed by atoms with Gasteiger partial charge in [-0.1, -0.05) is 54.6 Å². The van der Waals surface area contributed by atoms with E-state index in [-0.39, 0.29) is 19.0 Å². The summed E-state index contributed by atoms with van der Waals surface area (Å²) in [6.07, 6.45) is 0.371. The lowest BCUT2D eigenvalue weighted by Crippen LogP contribution is -2.30. The highest BCUT2D eigenvalue weighted by molar-refractivity contribution is 6.04. The lowest BCUT2D eigenvalue weighted by Gasteiger charge is -2.08. The molecular weight excluding hydrogens is 333 g/mol. The van der Waals surface area contributed by atoms with Crippen molar-refractivity contribution in [1.82, 2.24) is 5.32 Å². The predicted molar refractivity (Wildman–Crippen MR) is 97.3 cm³/mol. The molecule has 0 unspecified atom stereocenters. The molecule has 0 aliphatic carbocycles. The summed E-state index contributed by atoms with van der Waals surface area (Å²) < 4.78 is 18.6. The van der Waals surface area contributed by atoms with Gasteiger partial charge in [-0.15, -0.1) is 0 Å². The minimum Gasteiger partial charge on any atom is -0.452 e. The van der Waals surface area contributed by atoms with E-state index < -0.39 is 11.9 Å². The number of esters is 1. The SMILES string of the molecule is O=C(COC(=O)c1cccc2ccccc12)NCCc1ccccc1F. The molecule has 0 saturated heterocycles. The smallest absolute Gasteiger partial charge is 0.339 e. The van der Waals surface area contributed by atoms with Crippen molar-refractivity contribution >= 4 is 22.6 Å². The van der Waals surface area contributed by atoms with Gasteiger partial charge in [0.1, 0.15) is 5.82 Å². The summed E-state index contributed by atoms with van der Waals surface area (Å²) in [5.74, 6) is -1.27. The van der Waals surface area contributed by atoms with Crippen molar-refractivity contribution in [2.24, 2.45) is 0 Å². The summed E-state index contributed by atoms with van der Waals surface area (Å²) in [6, 6.07) is 19.2. The van der Waals surface area contributed by atoms with Crippen molar-refractivity contribution in [3.05, 3.63) is 83.7 Å². The van der Waals surface area contributed by atoms with Crippen LogP contribution in [-0.2, 0) is 16.0 Å². The van der Waals surface area contributed by atoms with Crippen LogP contribution in [-0.4, -0.2) is 25.0 Å². The summed E-state index contributed by atoms with van der Waals surface area (Å²) in [5.41, 5.74) is 0.947. The van der Waals surface area contributed by atoms with Gasteiger partial charge in [0.2, 0.25) is 0 Å². The molecule has 4 nitrogen and oxygen atoms in total. The number of nitrogens with one attached hydrogen (secondary N) is 1. The monoisotopic (exact) mass is 351 g/mol. The van der Waals surface area contributed by atoms with E-state index in [0.29, 0.717) is 17.5 Å². The molecule has 0 spiro atoms. The summed E-state index contributed by atoms with van der Waals surface area (Å²) in [7, 11) is 0. The molecule has 0 atom stereocenters. The van der Waals surface area contributed by atoms with Gasteiger partial charge in [0.05, 0.1) is 5.56 Å². The molecule has 26 heavy (non-hydrogen) atoms. The fourth-order valence-corrected chi connectivity index (χ4v) is 2.70. The van der Waals surface area contributed by atoms with Crippen LogP contribution in [0.5, 0.6) is 0 Å². The number of fused-ring (bicyclic) bond motifs is 1. The second-order valence-corrected chi connectivity index (χ2v) is 5.79. The van der Waals surface area contributed by atoms with Crippen molar-refractivity contribution in [2.75, 3.05) is 13.2 Å². The molecular formula is C21H18FNO3. The number of hydrogen-bond acceptors (Lipinski definition) is 3. The third kappa shape index (κ3) is 4.25. The number of carbonyl (C=O) groups excluding carboxylic acids is 2. The Morgan fingerprint density at radius 2 is 1.65 bits per heavy atom. The molecule has 0 heterocycles. The average Bonchev–Trinajstić information content (AvgIpc) is 2.67. The highest BCUT2D eigenvalue weighted by Gasteiger charge is 2.13. The first-order valence-electron chi connectivity index (χ1n) is 8.30. The Morgan fingerprint density at radius 1 is 0.923 bits per heavy atom. The van der Waals surface area contributed by atoms with Gasteiger partial charge in [-0.25, -0.2) is 9.18 Å². The molecule has 5 heteroatoms. The summed E-state index contributed by atoms with van der Waals surface area (Å²) in [4.78, 5) is 24.1. The van der Waals surface area contributed by atoms with Crippen LogP contribution in [0.4, 0.5) is 4.39 Å². The maximum absolute atomic E-state index is 13.5. The predicted octanol–water partition coefficient (Wildman–Crippen LogP) is 3.49. The van der Waals surface area contributed by atoms with Gasteiger partial charge in [-0.2, -0.15) is 0 Å². The zero-order chi connectivity index (χ0) is 18.4. The van der Waals surface area contributed by atoms with Crippen LogP contribution >= 0.6 is 0 Å². The van der Waals surface area contributed by atoms with Crippen LogP contribution in [0.25, 0.3) is 10.8 Å². The van der Waals surface area contributed by atoms with Crippen LogP contribution in [0, 0.1) is 5.82 Å². The number of hydrogen-bond donors (Lipinski definition) is 1. The quantitative estimate of drug-likeness (QED) is 0.692. The van der Waals surface area contributed by atoms with E-state index in [1.54, 1.807) is 30.3 Å². The third-order valence-corrected chi connectivity index (χ3v) is 4.02. The fraction of sp³-hybridized carbons (Fsp3) is 0.143. The molecule has 1 N–H and O–H groups in total. The largest absolute Gasteiger partial charge is 0.452 e. The Labute approximate surface area is 150 Å². The minimum absolute atomic E-state index is 0.269. The Morgan fingerprint density at radius 3 is 2.50 bits per heavy atom. The highest BCUT2D eigenvalue weighted by Crippen LogP contribution is 2.19. The van der Waals surface area contributed by atoms with Gasteiger partial charge in [0.15, 0.2) is 6.61 Å². The molecule has 0 fully saturated rings. The topological polar surface area (TPSA) is 55.4 Å². The van der Waals surface area contributed by atoms with Crippen LogP contribution in [0.2, 0.25) is 0 Å². The van der Waals surface area contributed by atoms with Crippen molar-refractivity contribution in [3.63, 3.8) is 0 Å². The molecule has 0 aliphatic rings. The lowest BCUT2D eigenvalue weighted by atomic mass is 10.1. The summed E-state index contributed by atoms with van der Waals surface area (Å²) in [6.45, 7) is -0.106. The first-order chi connectivity index (χ1) is 12.6. The molecule has 0 aliphatic heterocycles. The minimum atomic E-state index is -0.550. The molecule has 0 radical (unpaired) electrons. The van der Waals surface area contributed by atoms with Gasteiger partial charge >= 0.3 is 5.97 Å². The number of halogens is 1. The summed E-state index contributed by atoms with van der Waals surface area (Å²) in [5, 5.41) is 4.32. The van der Waals surface area contributed by atoms with Crippen molar-refractivity contribution in [3.8, 4) is 0 Å².